The van der Waals surface area contributed by atoms with E-state index in [0.717, 1.165) is 17.9 Å². The highest BCUT2D eigenvalue weighted by atomic mass is 16.5. The van der Waals surface area contributed by atoms with Crippen LogP contribution in [0.1, 0.15) is 46.2 Å². The molecule has 0 bridgehead atoms. The number of rotatable bonds is 6. The highest BCUT2D eigenvalue weighted by Crippen LogP contribution is 2.51. The summed E-state index contributed by atoms with van der Waals surface area (Å²) in [6, 6.07) is 21.3. The number of hydrogen-bond acceptors (Lipinski definition) is 3. The van der Waals surface area contributed by atoms with Gasteiger partial charge in [0.05, 0.1) is 6.04 Å². The van der Waals surface area contributed by atoms with E-state index in [9.17, 15) is 0 Å². The van der Waals surface area contributed by atoms with Gasteiger partial charge in [-0.3, -0.25) is 0 Å². The van der Waals surface area contributed by atoms with Gasteiger partial charge in [-0.15, -0.1) is 0 Å². The molecule has 3 aromatic rings. The van der Waals surface area contributed by atoms with E-state index in [4.69, 9.17) is 9.47 Å². The first-order valence-electron chi connectivity index (χ1n) is 11.6. The molecule has 0 aromatic heterocycles. The third-order valence-electron chi connectivity index (χ3n) is 6.75. The minimum atomic E-state index is 0.328. The molecule has 2 aliphatic rings. The molecule has 1 N–H and O–H groups in total. The average molecular weight is 426 g/mol. The van der Waals surface area contributed by atoms with Crippen molar-refractivity contribution < 1.29 is 9.47 Å². The number of anilines is 1. The predicted molar refractivity (Wildman–Crippen MR) is 131 cm³/mol. The molecular formula is C29H31NO2. The van der Waals surface area contributed by atoms with Gasteiger partial charge < -0.3 is 14.8 Å². The number of hydrogen-bond donors (Lipinski definition) is 1. The number of ether oxygens (including phenoxy) is 2. The molecule has 0 saturated heterocycles. The lowest BCUT2D eigenvalue weighted by atomic mass is 9.75. The summed E-state index contributed by atoms with van der Waals surface area (Å²) >= 11 is 0. The van der Waals surface area contributed by atoms with E-state index >= 15 is 0 Å². The summed E-state index contributed by atoms with van der Waals surface area (Å²) in [6.45, 7) is 7.73. The number of aryl methyl sites for hydroxylation is 3. The van der Waals surface area contributed by atoms with Gasteiger partial charge >= 0.3 is 0 Å². The van der Waals surface area contributed by atoms with E-state index < -0.39 is 0 Å². The van der Waals surface area contributed by atoms with Gasteiger partial charge in [-0.1, -0.05) is 48.0 Å². The second-order valence-electron chi connectivity index (χ2n) is 9.05. The van der Waals surface area contributed by atoms with Gasteiger partial charge in [0, 0.05) is 11.6 Å². The lowest BCUT2D eigenvalue weighted by Crippen LogP contribution is -2.30. The van der Waals surface area contributed by atoms with Crippen LogP contribution in [0, 0.1) is 26.7 Å². The summed E-state index contributed by atoms with van der Waals surface area (Å²) in [5.74, 6) is 2.72. The van der Waals surface area contributed by atoms with Crippen LogP contribution in [0.25, 0.3) is 0 Å². The van der Waals surface area contributed by atoms with E-state index in [-0.39, 0.29) is 0 Å². The van der Waals surface area contributed by atoms with Crippen LogP contribution in [-0.2, 0) is 0 Å². The van der Waals surface area contributed by atoms with Gasteiger partial charge in [0.25, 0.3) is 0 Å². The van der Waals surface area contributed by atoms with Crippen LogP contribution in [0.15, 0.2) is 72.8 Å². The largest absolute Gasteiger partial charge is 0.490 e. The van der Waals surface area contributed by atoms with Crippen LogP contribution in [0.4, 0.5) is 5.69 Å². The van der Waals surface area contributed by atoms with E-state index in [2.05, 4.69) is 68.6 Å². The van der Waals surface area contributed by atoms with E-state index in [1.165, 1.54) is 33.5 Å². The number of allylic oxidation sites excluding steroid dienone is 2. The van der Waals surface area contributed by atoms with Crippen LogP contribution >= 0.6 is 0 Å². The van der Waals surface area contributed by atoms with Crippen molar-refractivity contribution in [1.29, 1.82) is 0 Å². The van der Waals surface area contributed by atoms with Crippen LogP contribution in [0.5, 0.6) is 11.5 Å². The van der Waals surface area contributed by atoms with Gasteiger partial charge in [-0.05, 0) is 85.7 Å². The normalized spacial score (nSPS) is 20.9. The maximum Gasteiger partial charge on any atom is 0.122 e. The van der Waals surface area contributed by atoms with Gasteiger partial charge in [0.1, 0.15) is 24.7 Å². The first-order chi connectivity index (χ1) is 15.6. The van der Waals surface area contributed by atoms with Crippen molar-refractivity contribution in [2.75, 3.05) is 18.5 Å². The molecule has 32 heavy (non-hydrogen) atoms. The number of nitrogens with one attached hydrogen (secondary N) is 1. The predicted octanol–water partition coefficient (Wildman–Crippen LogP) is 6.90. The summed E-state index contributed by atoms with van der Waals surface area (Å²) in [5.41, 5.74) is 8.11. The lowest BCUT2D eigenvalue weighted by Gasteiger charge is -2.39. The molecule has 1 aliphatic carbocycles. The molecule has 0 spiro atoms. The summed E-state index contributed by atoms with van der Waals surface area (Å²) in [5, 5.41) is 3.88. The molecule has 0 saturated carbocycles. The van der Waals surface area contributed by atoms with Crippen molar-refractivity contribution in [3.8, 4) is 11.5 Å². The van der Waals surface area contributed by atoms with Gasteiger partial charge in [-0.2, -0.15) is 0 Å². The molecule has 3 unspecified atom stereocenters. The molecule has 164 valence electrons. The maximum absolute atomic E-state index is 6.03. The van der Waals surface area contributed by atoms with Crippen LogP contribution in [0.3, 0.4) is 0 Å². The van der Waals surface area contributed by atoms with Crippen LogP contribution < -0.4 is 14.8 Å². The molecule has 3 heteroatoms. The van der Waals surface area contributed by atoms with E-state index in [1.807, 2.05) is 30.3 Å². The summed E-state index contributed by atoms with van der Waals surface area (Å²) < 4.78 is 11.8. The highest BCUT2D eigenvalue weighted by Gasteiger charge is 2.39. The fraction of sp³-hybridized carbons (Fsp3) is 0.310. The molecule has 1 aliphatic heterocycles. The quantitative estimate of drug-likeness (QED) is 0.344. The molecule has 3 atom stereocenters. The standard InChI is InChI=1S/C29H31NO2/c1-19-16-20(2)28(21(3)17-19)29-25-11-7-10-24(25)26-18-23(12-13-27(26)30-29)32-15-14-31-22-8-5-4-6-9-22/h4-10,12-13,16-18,24-25,29-30H,11,14-15H2,1-3H3. The van der Waals surface area contributed by atoms with Crippen LogP contribution in [-0.4, -0.2) is 13.2 Å². The minimum absolute atomic E-state index is 0.328. The van der Waals surface area contributed by atoms with Gasteiger partial charge in [0.2, 0.25) is 0 Å². The molecule has 0 fully saturated rings. The lowest BCUT2D eigenvalue weighted by molar-refractivity contribution is 0.217. The van der Waals surface area contributed by atoms with Crippen molar-refractivity contribution in [1.82, 2.24) is 0 Å². The Morgan fingerprint density at radius 3 is 2.31 bits per heavy atom. The Morgan fingerprint density at radius 2 is 1.56 bits per heavy atom. The average Bonchev–Trinajstić information content (AvgIpc) is 3.27. The first kappa shape index (κ1) is 20.7. The molecule has 0 amide bonds. The Morgan fingerprint density at radius 1 is 0.844 bits per heavy atom. The Balaban J connectivity index is 1.33. The van der Waals surface area contributed by atoms with Crippen molar-refractivity contribution in [3.63, 3.8) is 0 Å². The third-order valence-corrected chi connectivity index (χ3v) is 6.75. The fourth-order valence-electron chi connectivity index (χ4n) is 5.47. The summed E-state index contributed by atoms with van der Waals surface area (Å²) in [4.78, 5) is 0. The second-order valence-corrected chi connectivity index (χ2v) is 9.05. The molecular weight excluding hydrogens is 394 g/mol. The Hall–Kier alpha value is -3.20. The minimum Gasteiger partial charge on any atom is -0.490 e. The smallest absolute Gasteiger partial charge is 0.122 e. The zero-order valence-electron chi connectivity index (χ0n) is 19.1. The Kier molecular flexibility index (Phi) is 5.65. The topological polar surface area (TPSA) is 30.5 Å². The molecule has 5 rings (SSSR count). The third kappa shape index (κ3) is 4.00. The van der Waals surface area contributed by atoms with Gasteiger partial charge in [-0.25, -0.2) is 0 Å². The SMILES string of the molecule is Cc1cc(C)c(C2Nc3ccc(OCCOc4ccccc4)cc3C3C=CCC32)c(C)c1. The zero-order chi connectivity index (χ0) is 22.1. The zero-order valence-corrected chi connectivity index (χ0v) is 19.1. The fourth-order valence-corrected chi connectivity index (χ4v) is 5.47. The number of fused-ring (bicyclic) bond motifs is 3. The molecule has 0 radical (unpaired) electrons. The Bertz CT molecular complexity index is 1110. The van der Waals surface area contributed by atoms with Crippen molar-refractivity contribution in [2.45, 2.75) is 39.2 Å². The first-order valence-corrected chi connectivity index (χ1v) is 11.6. The Labute approximate surface area is 191 Å². The number of para-hydroxylation sites is 1. The molecule has 3 aromatic carbocycles. The molecule has 3 nitrogen and oxygen atoms in total. The number of benzene rings is 3. The highest BCUT2D eigenvalue weighted by molar-refractivity contribution is 5.62. The van der Waals surface area contributed by atoms with Gasteiger partial charge in [0.15, 0.2) is 0 Å². The maximum atomic E-state index is 6.03. The summed E-state index contributed by atoms with van der Waals surface area (Å²) in [7, 11) is 0. The van der Waals surface area contributed by atoms with E-state index in [1.54, 1.807) is 0 Å². The van der Waals surface area contributed by atoms with E-state index in [0.29, 0.717) is 31.1 Å². The monoisotopic (exact) mass is 425 g/mol. The molecule has 1 heterocycles. The van der Waals surface area contributed by atoms with Crippen molar-refractivity contribution in [2.24, 2.45) is 5.92 Å². The summed E-state index contributed by atoms with van der Waals surface area (Å²) in [6.07, 6.45) is 5.84. The van der Waals surface area contributed by atoms with Crippen LogP contribution in [0.2, 0.25) is 0 Å². The second kappa shape index (κ2) is 8.74. The van der Waals surface area contributed by atoms with Crippen molar-refractivity contribution >= 4 is 5.69 Å². The van der Waals surface area contributed by atoms with Crippen molar-refractivity contribution in [3.05, 3.63) is 101 Å².